The normalized spacial score (nSPS) is 15.8. The summed E-state index contributed by atoms with van der Waals surface area (Å²) in [5.74, 6) is -0.767. The van der Waals surface area contributed by atoms with Crippen LogP contribution in [-0.4, -0.2) is 43.5 Å². The van der Waals surface area contributed by atoms with E-state index in [0.717, 1.165) is 12.1 Å². The van der Waals surface area contributed by atoms with Gasteiger partial charge in [0.2, 0.25) is 11.9 Å². The summed E-state index contributed by atoms with van der Waals surface area (Å²) in [6.07, 6.45) is -3.59. The van der Waals surface area contributed by atoms with E-state index in [4.69, 9.17) is 4.74 Å². The molecule has 1 aliphatic rings. The molecule has 0 unspecified atom stereocenters. The Morgan fingerprint density at radius 2 is 1.94 bits per heavy atom. The number of amides is 2. The lowest BCUT2D eigenvalue weighted by atomic mass is 10.2. The average molecular weight is 449 g/mol. The molecule has 0 spiro atoms. The van der Waals surface area contributed by atoms with Gasteiger partial charge in [-0.1, -0.05) is 12.1 Å². The summed E-state index contributed by atoms with van der Waals surface area (Å²) in [6.45, 7) is 0. The Balaban J connectivity index is 1.53. The van der Waals surface area contributed by atoms with Crippen molar-refractivity contribution in [2.24, 2.45) is 10.1 Å². The van der Waals surface area contributed by atoms with Crippen molar-refractivity contribution in [1.29, 1.82) is 0 Å². The first-order valence-corrected chi connectivity index (χ1v) is 9.20. The number of nitrogens with zero attached hydrogens (tertiary/aromatic N) is 2. The highest BCUT2D eigenvalue weighted by Crippen LogP contribution is 2.24. The molecule has 0 radical (unpaired) electrons. The average Bonchev–Trinajstić information content (AvgIpc) is 3.07. The SMILES string of the molecule is COc1ccccc1/C=N\NC1=N[C@@H](CC(=O)Nc2ccc(OC(F)(F)F)cc2)C(=O)N1. The van der Waals surface area contributed by atoms with Crippen molar-refractivity contribution in [3.8, 4) is 11.5 Å². The van der Waals surface area contributed by atoms with Crippen molar-refractivity contribution in [2.75, 3.05) is 12.4 Å². The fourth-order valence-corrected chi connectivity index (χ4v) is 2.71. The molecule has 0 saturated carbocycles. The lowest BCUT2D eigenvalue weighted by Crippen LogP contribution is -2.35. The predicted octanol–water partition coefficient (Wildman–Crippen LogP) is 2.40. The highest BCUT2D eigenvalue weighted by atomic mass is 19.4. The van der Waals surface area contributed by atoms with Crippen molar-refractivity contribution in [1.82, 2.24) is 10.7 Å². The van der Waals surface area contributed by atoms with Gasteiger partial charge in [0.15, 0.2) is 0 Å². The number of hydrogen-bond acceptors (Lipinski definition) is 7. The Kier molecular flexibility index (Phi) is 6.93. The minimum absolute atomic E-state index is 0.0765. The van der Waals surface area contributed by atoms with Crippen LogP contribution in [0.4, 0.5) is 18.9 Å². The summed E-state index contributed by atoms with van der Waals surface area (Å²) in [6, 6.07) is 10.8. The third kappa shape index (κ3) is 6.45. The molecule has 2 amide bonds. The highest BCUT2D eigenvalue weighted by Gasteiger charge is 2.31. The van der Waals surface area contributed by atoms with Crippen molar-refractivity contribution in [2.45, 2.75) is 18.8 Å². The number of alkyl halides is 3. The zero-order valence-corrected chi connectivity index (χ0v) is 16.6. The molecule has 0 bridgehead atoms. The fourth-order valence-electron chi connectivity index (χ4n) is 2.71. The van der Waals surface area contributed by atoms with Crippen LogP contribution < -0.4 is 25.5 Å². The number of aliphatic imine (C=N–C) groups is 1. The quantitative estimate of drug-likeness (QED) is 0.444. The van der Waals surface area contributed by atoms with Crippen LogP contribution in [0.5, 0.6) is 11.5 Å². The molecule has 0 saturated heterocycles. The lowest BCUT2D eigenvalue weighted by Gasteiger charge is -2.10. The highest BCUT2D eigenvalue weighted by molar-refractivity contribution is 6.07. The van der Waals surface area contributed by atoms with E-state index in [0.29, 0.717) is 11.3 Å². The molecule has 1 atom stereocenters. The Hall–Kier alpha value is -4.09. The van der Waals surface area contributed by atoms with E-state index in [1.54, 1.807) is 12.1 Å². The molecule has 0 aromatic heterocycles. The largest absolute Gasteiger partial charge is 0.573 e. The number of benzene rings is 2. The number of hydrogen-bond donors (Lipinski definition) is 3. The number of ether oxygens (including phenoxy) is 2. The van der Waals surface area contributed by atoms with E-state index in [1.807, 2.05) is 12.1 Å². The number of halogens is 3. The molecule has 9 nitrogen and oxygen atoms in total. The van der Waals surface area contributed by atoms with Crippen LogP contribution in [-0.2, 0) is 9.59 Å². The Morgan fingerprint density at radius 3 is 2.62 bits per heavy atom. The fraction of sp³-hybridized carbons (Fsp3) is 0.200. The smallest absolute Gasteiger partial charge is 0.496 e. The number of carbonyl (C=O) groups excluding carboxylic acids is 2. The molecule has 12 heteroatoms. The topological polar surface area (TPSA) is 113 Å². The Labute approximate surface area is 180 Å². The minimum Gasteiger partial charge on any atom is -0.496 e. The van der Waals surface area contributed by atoms with Crippen LogP contribution >= 0.6 is 0 Å². The molecule has 2 aromatic rings. The van der Waals surface area contributed by atoms with Crippen molar-refractivity contribution >= 4 is 29.7 Å². The number of anilines is 1. The van der Waals surface area contributed by atoms with Crippen molar-refractivity contribution < 1.29 is 32.2 Å². The first-order chi connectivity index (χ1) is 15.2. The first-order valence-electron chi connectivity index (χ1n) is 9.20. The molecule has 3 N–H and O–H groups in total. The summed E-state index contributed by atoms with van der Waals surface area (Å²) in [4.78, 5) is 28.3. The van der Waals surface area contributed by atoms with Gasteiger partial charge in [0, 0.05) is 11.3 Å². The van der Waals surface area contributed by atoms with Crippen LogP contribution in [0.3, 0.4) is 0 Å². The van der Waals surface area contributed by atoms with Gasteiger partial charge in [-0.05, 0) is 36.4 Å². The Bertz CT molecular complexity index is 1040. The van der Waals surface area contributed by atoms with Crippen LogP contribution in [0.1, 0.15) is 12.0 Å². The van der Waals surface area contributed by atoms with E-state index in [1.165, 1.54) is 25.5 Å². The second kappa shape index (κ2) is 9.81. The van der Waals surface area contributed by atoms with Gasteiger partial charge >= 0.3 is 6.36 Å². The molecule has 2 aromatic carbocycles. The van der Waals surface area contributed by atoms with E-state index in [2.05, 4.69) is 30.9 Å². The summed E-state index contributed by atoms with van der Waals surface area (Å²) in [5, 5.41) is 8.94. The number of para-hydroxylation sites is 1. The van der Waals surface area contributed by atoms with Gasteiger partial charge in [0.05, 0.1) is 19.7 Å². The molecule has 0 fully saturated rings. The zero-order valence-electron chi connectivity index (χ0n) is 16.6. The van der Waals surface area contributed by atoms with Gasteiger partial charge in [-0.15, -0.1) is 13.2 Å². The van der Waals surface area contributed by atoms with Gasteiger partial charge in [0.25, 0.3) is 5.91 Å². The van der Waals surface area contributed by atoms with Gasteiger partial charge in [0.1, 0.15) is 17.5 Å². The molecular formula is C20H18F3N5O4. The third-order valence-electron chi connectivity index (χ3n) is 4.09. The number of guanidine groups is 1. The zero-order chi connectivity index (χ0) is 23.1. The molecule has 3 rings (SSSR count). The second-order valence-corrected chi connectivity index (χ2v) is 6.42. The molecule has 0 aliphatic carbocycles. The summed E-state index contributed by atoms with van der Waals surface area (Å²) in [5.41, 5.74) is 3.53. The maximum absolute atomic E-state index is 12.2. The van der Waals surface area contributed by atoms with Crippen LogP contribution in [0, 0.1) is 0 Å². The number of hydrazone groups is 1. The maximum Gasteiger partial charge on any atom is 0.573 e. The van der Waals surface area contributed by atoms with Gasteiger partial charge in [-0.25, -0.2) is 10.4 Å². The minimum atomic E-state index is -4.80. The Morgan fingerprint density at radius 1 is 1.22 bits per heavy atom. The summed E-state index contributed by atoms with van der Waals surface area (Å²) < 4.78 is 45.5. The standard InChI is InChI=1S/C20H18F3N5O4/c1-31-16-5-3-2-4-12(16)11-24-28-19-26-15(18(30)27-19)10-17(29)25-13-6-8-14(9-7-13)32-20(21,22)23/h2-9,11,15H,10H2,1H3,(H,25,29)(H2,26,27,28,30)/b24-11-/t15-/m0/s1. The number of methoxy groups -OCH3 is 1. The molecule has 168 valence electrons. The summed E-state index contributed by atoms with van der Waals surface area (Å²) >= 11 is 0. The van der Waals surface area contributed by atoms with E-state index >= 15 is 0 Å². The van der Waals surface area contributed by atoms with Gasteiger partial charge < -0.3 is 14.8 Å². The van der Waals surface area contributed by atoms with E-state index in [9.17, 15) is 22.8 Å². The second-order valence-electron chi connectivity index (χ2n) is 6.42. The van der Waals surface area contributed by atoms with Crippen LogP contribution in [0.25, 0.3) is 0 Å². The van der Waals surface area contributed by atoms with Crippen molar-refractivity contribution in [3.63, 3.8) is 0 Å². The van der Waals surface area contributed by atoms with Crippen LogP contribution in [0.15, 0.2) is 58.6 Å². The summed E-state index contributed by atoms with van der Waals surface area (Å²) in [7, 11) is 1.53. The molecular weight excluding hydrogens is 431 g/mol. The number of rotatable bonds is 7. The third-order valence-corrected chi connectivity index (χ3v) is 4.09. The van der Waals surface area contributed by atoms with Crippen LogP contribution in [0.2, 0.25) is 0 Å². The first kappa shape index (κ1) is 22.6. The van der Waals surface area contributed by atoms with E-state index in [-0.39, 0.29) is 18.1 Å². The van der Waals surface area contributed by atoms with Gasteiger partial charge in [-0.3, -0.25) is 14.9 Å². The molecule has 1 heterocycles. The maximum atomic E-state index is 12.2. The van der Waals surface area contributed by atoms with Crippen molar-refractivity contribution in [3.05, 3.63) is 54.1 Å². The number of carbonyl (C=O) groups is 2. The molecule has 1 aliphatic heterocycles. The van der Waals surface area contributed by atoms with E-state index < -0.39 is 30.0 Å². The monoisotopic (exact) mass is 449 g/mol. The lowest BCUT2D eigenvalue weighted by molar-refractivity contribution is -0.274. The number of nitrogens with one attached hydrogen (secondary N) is 3. The molecule has 32 heavy (non-hydrogen) atoms. The predicted molar refractivity (Wildman–Crippen MR) is 109 cm³/mol. The van der Waals surface area contributed by atoms with Gasteiger partial charge in [-0.2, -0.15) is 5.10 Å².